The molecule has 0 unspecified atom stereocenters. The van der Waals surface area contributed by atoms with Crippen molar-refractivity contribution in [2.24, 2.45) is 34.0 Å². The van der Waals surface area contributed by atoms with Crippen LogP contribution in [0.3, 0.4) is 0 Å². The SMILES string of the molecule is c1ccc(N2N=NC34[C@H]5CC[C@@H](C5)C23[C@H]2CC[C@H]4C2)cc1. The average molecular weight is 279 g/mol. The number of hydrogen-bond acceptors (Lipinski definition) is 3. The Morgan fingerprint density at radius 3 is 2.14 bits per heavy atom. The molecule has 1 heterocycles. The van der Waals surface area contributed by atoms with Gasteiger partial charge in [-0.05, 0) is 74.3 Å². The van der Waals surface area contributed by atoms with Crippen molar-refractivity contribution in [3.63, 3.8) is 0 Å². The summed E-state index contributed by atoms with van der Waals surface area (Å²) in [6.07, 6.45) is 8.44. The number of nitrogens with zero attached hydrogens (tertiary/aromatic N) is 3. The summed E-state index contributed by atoms with van der Waals surface area (Å²) >= 11 is 0. The van der Waals surface area contributed by atoms with E-state index in [0.717, 1.165) is 23.7 Å². The molecule has 4 bridgehead atoms. The van der Waals surface area contributed by atoms with E-state index in [1.165, 1.54) is 44.2 Å². The molecule has 5 aliphatic rings. The molecule has 21 heavy (non-hydrogen) atoms. The van der Waals surface area contributed by atoms with Crippen LogP contribution in [0.25, 0.3) is 0 Å². The van der Waals surface area contributed by atoms with E-state index in [1.807, 2.05) is 0 Å². The molecule has 1 aromatic carbocycles. The van der Waals surface area contributed by atoms with Crippen LogP contribution in [0, 0.1) is 23.7 Å². The Morgan fingerprint density at radius 2 is 1.48 bits per heavy atom. The summed E-state index contributed by atoms with van der Waals surface area (Å²) in [6.45, 7) is 0. The van der Waals surface area contributed by atoms with E-state index in [4.69, 9.17) is 10.3 Å². The minimum atomic E-state index is 0.189. The van der Waals surface area contributed by atoms with Gasteiger partial charge in [0.05, 0.1) is 11.2 Å². The van der Waals surface area contributed by atoms with Crippen molar-refractivity contribution in [1.82, 2.24) is 0 Å². The molecule has 0 N–H and O–H groups in total. The van der Waals surface area contributed by atoms with Crippen molar-refractivity contribution in [3.05, 3.63) is 30.3 Å². The zero-order valence-electron chi connectivity index (χ0n) is 12.3. The van der Waals surface area contributed by atoms with E-state index in [1.54, 1.807) is 0 Å². The highest BCUT2D eigenvalue weighted by molar-refractivity contribution is 5.55. The molecule has 3 heteroatoms. The Hall–Kier alpha value is -1.38. The Morgan fingerprint density at radius 1 is 0.857 bits per heavy atom. The van der Waals surface area contributed by atoms with E-state index in [0.29, 0.717) is 0 Å². The first-order valence-corrected chi connectivity index (χ1v) is 8.65. The molecule has 0 radical (unpaired) electrons. The zero-order valence-corrected chi connectivity index (χ0v) is 12.3. The lowest BCUT2D eigenvalue weighted by Gasteiger charge is -2.52. The van der Waals surface area contributed by atoms with Crippen molar-refractivity contribution in [1.29, 1.82) is 0 Å². The molecular weight excluding hydrogens is 258 g/mol. The van der Waals surface area contributed by atoms with E-state index < -0.39 is 0 Å². The highest BCUT2D eigenvalue weighted by Gasteiger charge is 2.82. The molecule has 4 aliphatic carbocycles. The summed E-state index contributed by atoms with van der Waals surface area (Å²) in [6, 6.07) is 10.8. The molecule has 0 saturated heterocycles. The number of fused-ring (bicyclic) bond motifs is 4. The summed E-state index contributed by atoms with van der Waals surface area (Å²) in [5.74, 6) is 3.28. The first kappa shape index (κ1) is 11.2. The minimum Gasteiger partial charge on any atom is -0.238 e. The number of rotatable bonds is 1. The molecule has 4 saturated carbocycles. The van der Waals surface area contributed by atoms with E-state index in [-0.39, 0.29) is 11.1 Å². The Balaban J connectivity index is 1.60. The molecule has 4 atom stereocenters. The third-order valence-electron chi connectivity index (χ3n) is 7.65. The molecule has 0 spiro atoms. The molecule has 6 rings (SSSR count). The summed E-state index contributed by atoms with van der Waals surface area (Å²) in [5.41, 5.74) is 1.71. The normalized spacial score (nSPS) is 51.7. The van der Waals surface area contributed by atoms with Crippen LogP contribution < -0.4 is 5.01 Å². The van der Waals surface area contributed by atoms with Gasteiger partial charge in [0.15, 0.2) is 0 Å². The van der Waals surface area contributed by atoms with Gasteiger partial charge in [-0.25, -0.2) is 5.01 Å². The number of para-hydroxylation sites is 1. The predicted octanol–water partition coefficient (Wildman–Crippen LogP) is 4.21. The van der Waals surface area contributed by atoms with Crippen molar-refractivity contribution in [2.45, 2.75) is 49.6 Å². The lowest BCUT2D eigenvalue weighted by Crippen LogP contribution is -2.65. The predicted molar refractivity (Wildman–Crippen MR) is 80.9 cm³/mol. The van der Waals surface area contributed by atoms with Gasteiger partial charge in [-0.1, -0.05) is 23.4 Å². The molecule has 4 fully saturated rings. The zero-order chi connectivity index (χ0) is 13.7. The first-order chi connectivity index (χ1) is 10.4. The van der Waals surface area contributed by atoms with Gasteiger partial charge in [0.1, 0.15) is 5.54 Å². The van der Waals surface area contributed by atoms with Crippen molar-refractivity contribution in [2.75, 3.05) is 5.01 Å². The summed E-state index contributed by atoms with van der Waals surface area (Å²) < 4.78 is 0. The van der Waals surface area contributed by atoms with Crippen molar-refractivity contribution < 1.29 is 0 Å². The number of anilines is 1. The van der Waals surface area contributed by atoms with Crippen LogP contribution in [-0.4, -0.2) is 11.1 Å². The number of hydrogen-bond donors (Lipinski definition) is 0. The Labute approximate surface area is 125 Å². The molecule has 0 aromatic heterocycles. The fraction of sp³-hybridized carbons (Fsp3) is 0.667. The highest BCUT2D eigenvalue weighted by atomic mass is 15.7. The van der Waals surface area contributed by atoms with Gasteiger partial charge >= 0.3 is 0 Å². The van der Waals surface area contributed by atoms with Crippen molar-refractivity contribution in [3.8, 4) is 0 Å². The van der Waals surface area contributed by atoms with Crippen LogP contribution >= 0.6 is 0 Å². The van der Waals surface area contributed by atoms with Gasteiger partial charge < -0.3 is 0 Å². The van der Waals surface area contributed by atoms with Crippen LogP contribution in [0.1, 0.15) is 38.5 Å². The molecule has 1 aliphatic heterocycles. The molecule has 1 aromatic rings. The van der Waals surface area contributed by atoms with Crippen molar-refractivity contribution >= 4 is 5.69 Å². The average Bonchev–Trinajstić information content (AvgIpc) is 3.28. The number of benzene rings is 1. The van der Waals surface area contributed by atoms with E-state index in [2.05, 4.69) is 35.3 Å². The fourth-order valence-electron chi connectivity index (χ4n) is 7.32. The molecule has 0 amide bonds. The van der Waals surface area contributed by atoms with E-state index >= 15 is 0 Å². The van der Waals surface area contributed by atoms with Gasteiger partial charge in [-0.3, -0.25) is 0 Å². The van der Waals surface area contributed by atoms with Crippen LogP contribution in [0.5, 0.6) is 0 Å². The third-order valence-corrected chi connectivity index (χ3v) is 7.65. The Bertz CT molecular complexity index is 615. The standard InChI is InChI=1S/C18H21N3/c1-2-4-16(5-3-1)21-18-14-8-6-12(10-14)17(18,19-20-21)13-7-9-15(18)11-13/h1-5,12-15H,6-11H2/t12-,13-,14-,15-,17?,18?/m0/s1. The second-order valence-corrected chi connectivity index (χ2v) is 7.90. The smallest absolute Gasteiger partial charge is 0.115 e. The van der Waals surface area contributed by atoms with Crippen LogP contribution in [0.4, 0.5) is 5.69 Å². The summed E-state index contributed by atoms with van der Waals surface area (Å²) in [7, 11) is 0. The minimum absolute atomic E-state index is 0.189. The third kappa shape index (κ3) is 0.949. The maximum Gasteiger partial charge on any atom is 0.115 e. The van der Waals surface area contributed by atoms with E-state index in [9.17, 15) is 0 Å². The second-order valence-electron chi connectivity index (χ2n) is 7.90. The van der Waals surface area contributed by atoms with Crippen LogP contribution in [0.15, 0.2) is 40.7 Å². The second kappa shape index (κ2) is 3.34. The van der Waals surface area contributed by atoms with Gasteiger partial charge in [0.25, 0.3) is 0 Å². The van der Waals surface area contributed by atoms with Crippen LogP contribution in [0.2, 0.25) is 0 Å². The maximum atomic E-state index is 5.06. The summed E-state index contributed by atoms with van der Waals surface area (Å²) in [4.78, 5) is 0. The van der Waals surface area contributed by atoms with Gasteiger partial charge in [-0.15, -0.1) is 0 Å². The van der Waals surface area contributed by atoms with Gasteiger partial charge in [0.2, 0.25) is 0 Å². The first-order valence-electron chi connectivity index (χ1n) is 8.65. The van der Waals surface area contributed by atoms with Gasteiger partial charge in [0, 0.05) is 0 Å². The maximum absolute atomic E-state index is 5.06. The fourth-order valence-corrected chi connectivity index (χ4v) is 7.32. The lowest BCUT2D eigenvalue weighted by atomic mass is 9.60. The molecule has 3 nitrogen and oxygen atoms in total. The summed E-state index contributed by atoms with van der Waals surface area (Å²) in [5, 5.41) is 12.2. The topological polar surface area (TPSA) is 28.0 Å². The van der Waals surface area contributed by atoms with Gasteiger partial charge in [-0.2, -0.15) is 5.11 Å². The Kier molecular flexibility index (Phi) is 1.78. The molecular formula is C18H21N3. The van der Waals surface area contributed by atoms with Crippen LogP contribution in [-0.2, 0) is 0 Å². The molecule has 108 valence electrons. The largest absolute Gasteiger partial charge is 0.238 e. The highest BCUT2D eigenvalue weighted by Crippen LogP contribution is 2.77. The lowest BCUT2D eigenvalue weighted by molar-refractivity contribution is 0.0899. The quantitative estimate of drug-likeness (QED) is 0.756. The monoisotopic (exact) mass is 279 g/mol.